The van der Waals surface area contributed by atoms with Gasteiger partial charge in [0, 0.05) is 48.2 Å². The zero-order valence-corrected chi connectivity index (χ0v) is 23.8. The summed E-state index contributed by atoms with van der Waals surface area (Å²) >= 11 is 6.50. The van der Waals surface area contributed by atoms with Crippen LogP contribution in [0.2, 0.25) is 5.02 Å². The SMILES string of the molecule is N#Cc1ccnc(N2C(=O)CC[C@H]2C(=O)N(c2cc(F)cc(F)c2)[C@H](C(=O)NC2CCC(F)(F)CC2)c2ccccc2Cl)n1. The minimum atomic E-state index is -2.87. The molecule has 1 aliphatic carbocycles. The molecule has 2 atom stereocenters. The summed E-state index contributed by atoms with van der Waals surface area (Å²) in [6, 6.07) is 7.83. The summed E-state index contributed by atoms with van der Waals surface area (Å²) in [4.78, 5) is 51.5. The quantitative estimate of drug-likeness (QED) is 0.357. The second kappa shape index (κ2) is 12.6. The van der Waals surface area contributed by atoms with Gasteiger partial charge in [-0.3, -0.25) is 24.2 Å². The van der Waals surface area contributed by atoms with E-state index in [9.17, 15) is 37.2 Å². The van der Waals surface area contributed by atoms with E-state index in [-0.39, 0.29) is 53.6 Å². The summed E-state index contributed by atoms with van der Waals surface area (Å²) < 4.78 is 56.9. The molecule has 1 aromatic heterocycles. The van der Waals surface area contributed by atoms with Crippen LogP contribution in [0.5, 0.6) is 0 Å². The number of benzene rings is 2. The number of halogens is 5. The maximum absolute atomic E-state index is 14.6. The molecule has 1 saturated carbocycles. The Morgan fingerprint density at radius 2 is 1.77 bits per heavy atom. The van der Waals surface area contributed by atoms with Crippen molar-refractivity contribution in [1.29, 1.82) is 5.26 Å². The number of carbonyl (C=O) groups is 3. The number of anilines is 2. The Bertz CT molecular complexity index is 1620. The lowest BCUT2D eigenvalue weighted by Gasteiger charge is -2.37. The van der Waals surface area contributed by atoms with E-state index in [1.807, 2.05) is 6.07 Å². The molecule has 228 valence electrons. The van der Waals surface area contributed by atoms with E-state index in [1.165, 1.54) is 24.4 Å². The third-order valence-electron chi connectivity index (χ3n) is 7.60. The van der Waals surface area contributed by atoms with Gasteiger partial charge >= 0.3 is 0 Å². The molecule has 0 radical (unpaired) electrons. The van der Waals surface area contributed by atoms with Gasteiger partial charge in [-0.1, -0.05) is 29.8 Å². The number of nitriles is 1. The van der Waals surface area contributed by atoms with Crippen molar-refractivity contribution in [2.24, 2.45) is 0 Å². The average molecular weight is 629 g/mol. The van der Waals surface area contributed by atoms with Crippen LogP contribution in [0, 0.1) is 23.0 Å². The number of rotatable bonds is 7. The van der Waals surface area contributed by atoms with Gasteiger partial charge in [-0.05, 0) is 43.5 Å². The van der Waals surface area contributed by atoms with Crippen LogP contribution < -0.4 is 15.1 Å². The minimum Gasteiger partial charge on any atom is -0.351 e. The van der Waals surface area contributed by atoms with Gasteiger partial charge in [-0.25, -0.2) is 27.5 Å². The normalized spacial score (nSPS) is 18.9. The van der Waals surface area contributed by atoms with Crippen molar-refractivity contribution >= 4 is 41.0 Å². The molecule has 2 aromatic carbocycles. The molecule has 9 nitrogen and oxygen atoms in total. The first-order chi connectivity index (χ1) is 21.0. The number of amides is 3. The third-order valence-corrected chi connectivity index (χ3v) is 7.95. The van der Waals surface area contributed by atoms with E-state index in [1.54, 1.807) is 12.1 Å². The summed E-state index contributed by atoms with van der Waals surface area (Å²) in [5.74, 6) is -7.49. The van der Waals surface area contributed by atoms with E-state index in [0.717, 1.165) is 21.9 Å². The summed E-state index contributed by atoms with van der Waals surface area (Å²) in [5, 5.41) is 12.1. The standard InChI is InChI=1S/C30H25ClF4N6O3/c31-23-4-2-1-3-22(23)26(27(43)38-19-7-10-30(34,35)11-8-19)40(21-14-17(32)13-18(33)15-21)28(44)24-5-6-25(42)41(24)29-37-12-9-20(16-36)39-29/h1-4,9,12-15,19,24,26H,5-8,10-11H2,(H,38,43)/t24-,26-/m0/s1. The van der Waals surface area contributed by atoms with Gasteiger partial charge in [0.1, 0.15) is 35.5 Å². The molecule has 1 aliphatic heterocycles. The van der Waals surface area contributed by atoms with Gasteiger partial charge in [-0.2, -0.15) is 5.26 Å². The van der Waals surface area contributed by atoms with Crippen molar-refractivity contribution in [3.63, 3.8) is 0 Å². The Kier molecular flexibility index (Phi) is 8.82. The molecule has 2 fully saturated rings. The smallest absolute Gasteiger partial charge is 0.251 e. The third kappa shape index (κ3) is 6.50. The second-order valence-electron chi connectivity index (χ2n) is 10.6. The molecule has 2 heterocycles. The highest BCUT2D eigenvalue weighted by Crippen LogP contribution is 2.37. The average Bonchev–Trinajstić information content (AvgIpc) is 3.38. The zero-order chi connectivity index (χ0) is 31.6. The molecule has 3 amide bonds. The van der Waals surface area contributed by atoms with Crippen molar-refractivity contribution < 1.29 is 31.9 Å². The van der Waals surface area contributed by atoms with Crippen LogP contribution in [-0.2, 0) is 14.4 Å². The first-order valence-corrected chi connectivity index (χ1v) is 14.1. The van der Waals surface area contributed by atoms with Gasteiger partial charge in [0.2, 0.25) is 23.7 Å². The summed E-state index contributed by atoms with van der Waals surface area (Å²) in [7, 11) is 0. The van der Waals surface area contributed by atoms with Crippen LogP contribution in [0.15, 0.2) is 54.7 Å². The van der Waals surface area contributed by atoms with Crippen LogP contribution >= 0.6 is 11.6 Å². The number of alkyl halides is 2. The molecule has 2 aliphatic rings. The van der Waals surface area contributed by atoms with E-state index >= 15 is 0 Å². The second-order valence-corrected chi connectivity index (χ2v) is 11.0. The van der Waals surface area contributed by atoms with Crippen LogP contribution in [-0.4, -0.2) is 45.7 Å². The molecular formula is C30H25ClF4N6O3. The fourth-order valence-electron chi connectivity index (χ4n) is 5.50. The number of carbonyl (C=O) groups excluding carboxylic acids is 3. The predicted octanol–water partition coefficient (Wildman–Crippen LogP) is 5.24. The Morgan fingerprint density at radius 1 is 1.09 bits per heavy atom. The Labute approximate surface area is 254 Å². The zero-order valence-electron chi connectivity index (χ0n) is 23.0. The predicted molar refractivity (Wildman–Crippen MR) is 151 cm³/mol. The van der Waals surface area contributed by atoms with E-state index in [0.29, 0.717) is 6.07 Å². The monoisotopic (exact) mass is 628 g/mol. The summed E-state index contributed by atoms with van der Waals surface area (Å²) in [6.07, 6.45) is 0.0754. The topological polar surface area (TPSA) is 119 Å². The van der Waals surface area contributed by atoms with Gasteiger partial charge in [0.05, 0.1) is 5.69 Å². The van der Waals surface area contributed by atoms with Crippen LogP contribution in [0.1, 0.15) is 55.8 Å². The lowest BCUT2D eigenvalue weighted by Crippen LogP contribution is -2.53. The van der Waals surface area contributed by atoms with Gasteiger partial charge in [0.15, 0.2) is 0 Å². The molecule has 44 heavy (non-hydrogen) atoms. The highest BCUT2D eigenvalue weighted by Gasteiger charge is 2.45. The van der Waals surface area contributed by atoms with E-state index in [4.69, 9.17) is 11.6 Å². The molecule has 1 N–H and O–H groups in total. The minimum absolute atomic E-state index is 0.0337. The first kappa shape index (κ1) is 30.9. The van der Waals surface area contributed by atoms with E-state index in [2.05, 4.69) is 15.3 Å². The first-order valence-electron chi connectivity index (χ1n) is 13.7. The van der Waals surface area contributed by atoms with Gasteiger partial charge in [0.25, 0.3) is 5.91 Å². The van der Waals surface area contributed by atoms with Gasteiger partial charge in [-0.15, -0.1) is 0 Å². The molecule has 0 spiro atoms. The maximum atomic E-state index is 14.6. The lowest BCUT2D eigenvalue weighted by molar-refractivity contribution is -0.128. The Balaban J connectivity index is 1.61. The lowest BCUT2D eigenvalue weighted by atomic mass is 9.91. The molecule has 0 bridgehead atoms. The van der Waals surface area contributed by atoms with Crippen molar-refractivity contribution in [2.45, 2.75) is 62.6 Å². The highest BCUT2D eigenvalue weighted by molar-refractivity contribution is 6.31. The molecule has 14 heteroatoms. The number of aromatic nitrogens is 2. The Morgan fingerprint density at radius 3 is 2.43 bits per heavy atom. The summed E-state index contributed by atoms with van der Waals surface area (Å²) in [5.41, 5.74) is -0.338. The van der Waals surface area contributed by atoms with Crippen molar-refractivity contribution in [2.75, 3.05) is 9.80 Å². The molecular weight excluding hydrogens is 604 g/mol. The Hall–Kier alpha value is -4.57. The van der Waals surface area contributed by atoms with Crippen LogP contribution in [0.3, 0.4) is 0 Å². The molecule has 0 unspecified atom stereocenters. The fourth-order valence-corrected chi connectivity index (χ4v) is 5.74. The molecule has 3 aromatic rings. The maximum Gasteiger partial charge on any atom is 0.251 e. The van der Waals surface area contributed by atoms with Crippen LogP contribution in [0.4, 0.5) is 29.2 Å². The van der Waals surface area contributed by atoms with Crippen molar-refractivity contribution in [1.82, 2.24) is 15.3 Å². The van der Waals surface area contributed by atoms with Crippen molar-refractivity contribution in [3.8, 4) is 6.07 Å². The summed E-state index contributed by atoms with van der Waals surface area (Å²) in [6.45, 7) is 0. The fraction of sp³-hybridized carbons (Fsp3) is 0.333. The molecule has 1 saturated heterocycles. The largest absolute Gasteiger partial charge is 0.351 e. The number of nitrogens with zero attached hydrogens (tertiary/aromatic N) is 5. The van der Waals surface area contributed by atoms with E-state index < -0.39 is 66.2 Å². The van der Waals surface area contributed by atoms with Gasteiger partial charge < -0.3 is 5.32 Å². The number of hydrogen-bond donors (Lipinski definition) is 1. The highest BCUT2D eigenvalue weighted by atomic mass is 35.5. The van der Waals surface area contributed by atoms with Crippen molar-refractivity contribution in [3.05, 3.63) is 82.6 Å². The number of hydrogen-bond acceptors (Lipinski definition) is 6. The molecule has 5 rings (SSSR count). The number of nitrogens with one attached hydrogen (secondary N) is 1. The van der Waals surface area contributed by atoms with Crippen LogP contribution in [0.25, 0.3) is 0 Å².